The van der Waals surface area contributed by atoms with Crippen LogP contribution in [-0.4, -0.2) is 27.8 Å². The fourth-order valence-corrected chi connectivity index (χ4v) is 3.58. The molecule has 0 aliphatic rings. The van der Waals surface area contributed by atoms with Gasteiger partial charge in [-0.25, -0.2) is 9.18 Å². The molecule has 2 heterocycles. The molecule has 26 heavy (non-hydrogen) atoms. The highest BCUT2D eigenvalue weighted by atomic mass is 32.1. The molecule has 0 fully saturated rings. The van der Waals surface area contributed by atoms with Crippen molar-refractivity contribution in [2.75, 3.05) is 5.32 Å². The summed E-state index contributed by atoms with van der Waals surface area (Å²) in [6, 6.07) is 7.12. The maximum absolute atomic E-state index is 12.9. The number of carbonyl (C=O) groups is 2. The van der Waals surface area contributed by atoms with Crippen molar-refractivity contribution in [1.29, 1.82) is 0 Å². The lowest BCUT2D eigenvalue weighted by atomic mass is 10.2. The van der Waals surface area contributed by atoms with Crippen LogP contribution >= 0.6 is 11.3 Å². The predicted octanol–water partition coefficient (Wildman–Crippen LogP) is 3.66. The van der Waals surface area contributed by atoms with E-state index in [1.54, 1.807) is 17.7 Å². The van der Waals surface area contributed by atoms with Gasteiger partial charge in [0.1, 0.15) is 15.5 Å². The number of thiophene rings is 1. The largest absolute Gasteiger partial charge is 0.448 e. The van der Waals surface area contributed by atoms with Crippen LogP contribution in [0.15, 0.2) is 30.3 Å². The molecule has 0 aliphatic heterocycles. The monoisotopic (exact) mass is 375 g/mol. The molecule has 0 bridgehead atoms. The van der Waals surface area contributed by atoms with E-state index in [9.17, 15) is 14.0 Å². The zero-order chi connectivity index (χ0) is 18.8. The summed E-state index contributed by atoms with van der Waals surface area (Å²) in [4.78, 5) is 26.1. The summed E-state index contributed by atoms with van der Waals surface area (Å²) in [6.07, 6.45) is -0.610. The molecule has 0 aliphatic carbocycles. The number of hydrogen-bond donors (Lipinski definition) is 1. The van der Waals surface area contributed by atoms with Crippen molar-refractivity contribution in [3.8, 4) is 0 Å². The second kappa shape index (κ2) is 7.25. The Bertz CT molecular complexity index is 928. The number of rotatable bonds is 5. The lowest BCUT2D eigenvalue weighted by molar-refractivity contribution is -0.124. The Balaban J connectivity index is 1.71. The number of ether oxygens (including phenoxy) is 1. The van der Waals surface area contributed by atoms with E-state index >= 15 is 0 Å². The molecule has 0 radical (unpaired) electrons. The highest BCUT2D eigenvalue weighted by Crippen LogP contribution is 2.28. The zero-order valence-electron chi connectivity index (χ0n) is 14.6. The fraction of sp³-hybridized carbons (Fsp3) is 0.278. The summed E-state index contributed by atoms with van der Waals surface area (Å²) < 4.78 is 20.0. The van der Waals surface area contributed by atoms with Crippen LogP contribution in [0.5, 0.6) is 0 Å². The normalized spacial score (nSPS) is 12.2. The number of benzene rings is 1. The quantitative estimate of drug-likeness (QED) is 0.691. The molecule has 0 spiro atoms. The summed E-state index contributed by atoms with van der Waals surface area (Å²) in [5.74, 6) is -1.39. The van der Waals surface area contributed by atoms with Gasteiger partial charge in [0.15, 0.2) is 6.10 Å². The van der Waals surface area contributed by atoms with Gasteiger partial charge in [0.05, 0.1) is 5.69 Å². The third-order valence-electron chi connectivity index (χ3n) is 3.92. The third-order valence-corrected chi connectivity index (χ3v) is 5.10. The molecule has 1 unspecified atom stereocenters. The van der Waals surface area contributed by atoms with Gasteiger partial charge in [-0.05, 0) is 43.7 Å². The van der Waals surface area contributed by atoms with Crippen LogP contribution in [0.3, 0.4) is 0 Å². The maximum atomic E-state index is 12.9. The number of nitrogens with zero attached hydrogens (tertiary/aromatic N) is 2. The summed E-state index contributed by atoms with van der Waals surface area (Å²) in [6.45, 7) is 3.62. The summed E-state index contributed by atoms with van der Waals surface area (Å²) in [7, 11) is 1.81. The Kier molecular flexibility index (Phi) is 5.03. The summed E-state index contributed by atoms with van der Waals surface area (Å²) in [5, 5.41) is 7.81. The molecule has 8 heteroatoms. The number of fused-ring (bicyclic) bond motifs is 1. The minimum absolute atomic E-state index is 0.324. The van der Waals surface area contributed by atoms with Crippen LogP contribution in [0.1, 0.15) is 28.7 Å². The van der Waals surface area contributed by atoms with E-state index in [1.165, 1.54) is 35.6 Å². The van der Waals surface area contributed by atoms with E-state index < -0.39 is 23.8 Å². The molecule has 2 aromatic heterocycles. The average Bonchev–Trinajstić information content (AvgIpc) is 3.16. The molecule has 0 saturated carbocycles. The molecule has 1 atom stereocenters. The van der Waals surface area contributed by atoms with Gasteiger partial charge in [0, 0.05) is 18.1 Å². The molecule has 1 amide bonds. The first-order chi connectivity index (χ1) is 12.4. The van der Waals surface area contributed by atoms with E-state index in [-0.39, 0.29) is 0 Å². The Morgan fingerprint density at radius 1 is 1.35 bits per heavy atom. The van der Waals surface area contributed by atoms with Crippen molar-refractivity contribution >= 4 is 39.1 Å². The van der Waals surface area contributed by atoms with Crippen LogP contribution in [0.25, 0.3) is 10.2 Å². The number of halogens is 1. The molecule has 1 N–H and O–H groups in total. The lowest BCUT2D eigenvalue weighted by Gasteiger charge is -2.15. The van der Waals surface area contributed by atoms with Gasteiger partial charge in [-0.3, -0.25) is 9.48 Å². The Labute approximate surface area is 153 Å². The molecule has 0 saturated heterocycles. The zero-order valence-corrected chi connectivity index (χ0v) is 15.4. The van der Waals surface area contributed by atoms with Crippen molar-refractivity contribution in [2.24, 2.45) is 7.05 Å². The Hall–Kier alpha value is -2.74. The van der Waals surface area contributed by atoms with Crippen LogP contribution in [0.2, 0.25) is 0 Å². The minimum Gasteiger partial charge on any atom is -0.448 e. The van der Waals surface area contributed by atoms with Gasteiger partial charge >= 0.3 is 5.97 Å². The van der Waals surface area contributed by atoms with Crippen LogP contribution < -0.4 is 5.32 Å². The van der Waals surface area contributed by atoms with Crippen molar-refractivity contribution in [3.63, 3.8) is 0 Å². The highest BCUT2D eigenvalue weighted by Gasteiger charge is 2.24. The molecule has 3 rings (SSSR count). The first-order valence-corrected chi connectivity index (χ1v) is 8.91. The standard InChI is InChI=1S/C18H18FN3O3S/c1-4-14(16(23)20-12-7-5-11(19)6-8-12)25-18(24)15-9-13-10(2)21-22(3)17(13)26-15/h5-9,14H,4H2,1-3H3,(H,20,23). The first-order valence-electron chi connectivity index (χ1n) is 8.09. The minimum atomic E-state index is -0.933. The molecular weight excluding hydrogens is 357 g/mol. The van der Waals surface area contributed by atoms with Gasteiger partial charge in [0.25, 0.3) is 5.91 Å². The number of amides is 1. The van der Waals surface area contributed by atoms with Crippen LogP contribution in [-0.2, 0) is 16.6 Å². The molecule has 136 valence electrons. The van der Waals surface area contributed by atoms with Gasteiger partial charge in [-0.1, -0.05) is 6.92 Å². The maximum Gasteiger partial charge on any atom is 0.349 e. The average molecular weight is 375 g/mol. The number of anilines is 1. The first kappa shape index (κ1) is 18.1. The van der Waals surface area contributed by atoms with E-state index in [0.717, 1.165) is 15.9 Å². The number of aryl methyl sites for hydroxylation is 2. The van der Waals surface area contributed by atoms with Crippen molar-refractivity contribution < 1.29 is 18.7 Å². The van der Waals surface area contributed by atoms with Gasteiger partial charge < -0.3 is 10.1 Å². The van der Waals surface area contributed by atoms with E-state index in [1.807, 2.05) is 14.0 Å². The second-order valence-electron chi connectivity index (χ2n) is 5.84. The number of hydrogen-bond acceptors (Lipinski definition) is 5. The third kappa shape index (κ3) is 3.60. The molecule has 6 nitrogen and oxygen atoms in total. The smallest absolute Gasteiger partial charge is 0.349 e. The predicted molar refractivity (Wildman–Crippen MR) is 97.9 cm³/mol. The van der Waals surface area contributed by atoms with Crippen molar-refractivity contribution in [1.82, 2.24) is 9.78 Å². The van der Waals surface area contributed by atoms with Gasteiger partial charge in [0.2, 0.25) is 0 Å². The lowest BCUT2D eigenvalue weighted by Crippen LogP contribution is -2.31. The van der Waals surface area contributed by atoms with Crippen molar-refractivity contribution in [2.45, 2.75) is 26.4 Å². The second-order valence-corrected chi connectivity index (χ2v) is 6.87. The molecule has 3 aromatic rings. The van der Waals surface area contributed by atoms with E-state index in [2.05, 4.69) is 10.4 Å². The number of aromatic nitrogens is 2. The van der Waals surface area contributed by atoms with E-state index in [0.29, 0.717) is 17.0 Å². The number of carbonyl (C=O) groups excluding carboxylic acids is 2. The van der Waals surface area contributed by atoms with Crippen LogP contribution in [0.4, 0.5) is 10.1 Å². The Morgan fingerprint density at radius 3 is 2.65 bits per heavy atom. The SMILES string of the molecule is CCC(OC(=O)c1cc2c(C)nn(C)c2s1)C(=O)Nc1ccc(F)cc1. The number of esters is 1. The highest BCUT2D eigenvalue weighted by molar-refractivity contribution is 7.20. The summed E-state index contributed by atoms with van der Waals surface area (Å²) >= 11 is 1.28. The molecular formula is C18H18FN3O3S. The summed E-state index contributed by atoms with van der Waals surface area (Å²) in [5.41, 5.74) is 1.27. The van der Waals surface area contributed by atoms with E-state index in [4.69, 9.17) is 4.74 Å². The molecule has 1 aromatic carbocycles. The Morgan fingerprint density at radius 2 is 2.04 bits per heavy atom. The topological polar surface area (TPSA) is 73.2 Å². The van der Waals surface area contributed by atoms with Crippen molar-refractivity contribution in [3.05, 3.63) is 46.7 Å². The number of nitrogens with one attached hydrogen (secondary N) is 1. The van der Waals surface area contributed by atoms with Gasteiger partial charge in [-0.15, -0.1) is 11.3 Å². The van der Waals surface area contributed by atoms with Crippen LogP contribution in [0, 0.1) is 12.7 Å². The van der Waals surface area contributed by atoms with Gasteiger partial charge in [-0.2, -0.15) is 5.10 Å². The fourth-order valence-electron chi connectivity index (χ4n) is 2.57.